The molecule has 0 spiro atoms. The number of nitrogens with zero attached hydrogens (tertiary/aromatic N) is 3. The lowest BCUT2D eigenvalue weighted by molar-refractivity contribution is -0.137. The SMILES string of the molecule is CCc1cc2c(cc3c(=O)n(CCCC(=O)O)nc(C)n32)o1. The summed E-state index contributed by atoms with van der Waals surface area (Å²) in [6, 6.07) is 3.64. The van der Waals surface area contributed by atoms with E-state index in [0.717, 1.165) is 17.7 Å². The summed E-state index contributed by atoms with van der Waals surface area (Å²) in [7, 11) is 0. The Morgan fingerprint density at radius 1 is 1.36 bits per heavy atom. The van der Waals surface area contributed by atoms with Crippen LogP contribution in [0.3, 0.4) is 0 Å². The summed E-state index contributed by atoms with van der Waals surface area (Å²) in [4.78, 5) is 23.0. The second-order valence-electron chi connectivity index (χ2n) is 5.25. The number of carboxylic acids is 1. The number of hydrogen-bond acceptors (Lipinski definition) is 4. The third-order valence-corrected chi connectivity index (χ3v) is 3.69. The van der Waals surface area contributed by atoms with Crippen LogP contribution >= 0.6 is 0 Å². The molecule has 0 bridgehead atoms. The van der Waals surface area contributed by atoms with Crippen molar-refractivity contribution in [3.63, 3.8) is 0 Å². The van der Waals surface area contributed by atoms with Crippen LogP contribution in [0.4, 0.5) is 0 Å². The zero-order chi connectivity index (χ0) is 15.9. The van der Waals surface area contributed by atoms with Gasteiger partial charge in [-0.1, -0.05) is 6.92 Å². The van der Waals surface area contributed by atoms with Crippen LogP contribution < -0.4 is 5.56 Å². The molecule has 7 nitrogen and oxygen atoms in total. The number of furan rings is 1. The fraction of sp³-hybridized carbons (Fsp3) is 0.400. The van der Waals surface area contributed by atoms with Gasteiger partial charge in [0, 0.05) is 31.5 Å². The van der Waals surface area contributed by atoms with Gasteiger partial charge in [0.15, 0.2) is 5.58 Å². The number of fused-ring (bicyclic) bond motifs is 3. The van der Waals surface area contributed by atoms with Crippen molar-refractivity contribution < 1.29 is 14.3 Å². The van der Waals surface area contributed by atoms with Gasteiger partial charge in [-0.25, -0.2) is 4.68 Å². The van der Waals surface area contributed by atoms with Gasteiger partial charge in [0.1, 0.15) is 17.1 Å². The highest BCUT2D eigenvalue weighted by molar-refractivity contribution is 5.83. The van der Waals surface area contributed by atoms with E-state index in [2.05, 4.69) is 5.10 Å². The first-order valence-electron chi connectivity index (χ1n) is 7.24. The van der Waals surface area contributed by atoms with E-state index in [1.807, 2.05) is 19.9 Å². The minimum Gasteiger partial charge on any atom is -0.481 e. The molecule has 0 unspecified atom stereocenters. The lowest BCUT2D eigenvalue weighted by atomic mass is 10.3. The fourth-order valence-electron chi connectivity index (χ4n) is 2.65. The first-order chi connectivity index (χ1) is 10.5. The smallest absolute Gasteiger partial charge is 0.303 e. The summed E-state index contributed by atoms with van der Waals surface area (Å²) in [6.45, 7) is 4.11. The van der Waals surface area contributed by atoms with E-state index in [1.165, 1.54) is 4.68 Å². The van der Waals surface area contributed by atoms with Crippen molar-refractivity contribution in [3.8, 4) is 0 Å². The van der Waals surface area contributed by atoms with Gasteiger partial charge in [0.25, 0.3) is 5.56 Å². The minimum atomic E-state index is -0.877. The molecule has 0 saturated heterocycles. The molecule has 0 atom stereocenters. The molecule has 0 aliphatic rings. The monoisotopic (exact) mass is 303 g/mol. The fourth-order valence-corrected chi connectivity index (χ4v) is 2.65. The molecule has 0 fully saturated rings. The normalized spacial score (nSPS) is 11.5. The van der Waals surface area contributed by atoms with Gasteiger partial charge in [-0.05, 0) is 13.3 Å². The molecule has 3 heterocycles. The quantitative estimate of drug-likeness (QED) is 0.778. The first-order valence-corrected chi connectivity index (χ1v) is 7.24. The Morgan fingerprint density at radius 2 is 2.14 bits per heavy atom. The van der Waals surface area contributed by atoms with Gasteiger partial charge in [-0.2, -0.15) is 5.10 Å². The summed E-state index contributed by atoms with van der Waals surface area (Å²) in [5.41, 5.74) is 1.77. The average molecular weight is 303 g/mol. The van der Waals surface area contributed by atoms with Crippen molar-refractivity contribution in [1.82, 2.24) is 14.2 Å². The van der Waals surface area contributed by atoms with Crippen LogP contribution in [0.25, 0.3) is 16.6 Å². The molecule has 22 heavy (non-hydrogen) atoms. The summed E-state index contributed by atoms with van der Waals surface area (Å²) in [5, 5.41) is 13.0. The van der Waals surface area contributed by atoms with Gasteiger partial charge in [-0.15, -0.1) is 0 Å². The van der Waals surface area contributed by atoms with Gasteiger partial charge in [0.2, 0.25) is 0 Å². The zero-order valence-corrected chi connectivity index (χ0v) is 12.5. The van der Waals surface area contributed by atoms with Crippen LogP contribution in [0.5, 0.6) is 0 Å². The Hall–Kier alpha value is -2.57. The Morgan fingerprint density at radius 3 is 2.82 bits per heavy atom. The number of aryl methyl sites for hydroxylation is 3. The molecule has 3 aromatic rings. The number of aromatic nitrogens is 3. The molecule has 0 saturated carbocycles. The Labute approximate surface area is 125 Å². The van der Waals surface area contributed by atoms with Crippen LogP contribution in [0.15, 0.2) is 21.3 Å². The molecule has 0 radical (unpaired) electrons. The molecule has 116 valence electrons. The molecule has 1 N–H and O–H groups in total. The number of hydrogen-bond donors (Lipinski definition) is 1. The Balaban J connectivity index is 2.09. The Kier molecular flexibility index (Phi) is 3.48. The van der Waals surface area contributed by atoms with Crippen LogP contribution in [0.2, 0.25) is 0 Å². The molecule has 7 heteroatoms. The maximum atomic E-state index is 12.5. The third-order valence-electron chi connectivity index (χ3n) is 3.69. The predicted molar refractivity (Wildman–Crippen MR) is 80.2 cm³/mol. The molecule has 3 rings (SSSR count). The molecule has 0 amide bonds. The van der Waals surface area contributed by atoms with E-state index in [0.29, 0.717) is 23.3 Å². The van der Waals surface area contributed by atoms with E-state index in [9.17, 15) is 9.59 Å². The summed E-state index contributed by atoms with van der Waals surface area (Å²) >= 11 is 0. The van der Waals surface area contributed by atoms with Gasteiger partial charge < -0.3 is 9.52 Å². The third kappa shape index (κ3) is 2.28. The Bertz CT molecular complexity index is 916. The van der Waals surface area contributed by atoms with E-state index in [1.54, 1.807) is 10.5 Å². The van der Waals surface area contributed by atoms with Crippen molar-refractivity contribution in [3.05, 3.63) is 34.1 Å². The highest BCUT2D eigenvalue weighted by atomic mass is 16.4. The maximum absolute atomic E-state index is 12.5. The van der Waals surface area contributed by atoms with Crippen LogP contribution in [0, 0.1) is 6.92 Å². The first kappa shape index (κ1) is 14.4. The molecular weight excluding hydrogens is 286 g/mol. The molecule has 0 aliphatic heterocycles. The lowest BCUT2D eigenvalue weighted by Crippen LogP contribution is -2.26. The van der Waals surface area contributed by atoms with E-state index in [-0.39, 0.29) is 18.5 Å². The number of aliphatic carboxylic acids is 1. The van der Waals surface area contributed by atoms with Crippen molar-refractivity contribution >= 4 is 22.6 Å². The van der Waals surface area contributed by atoms with Crippen molar-refractivity contribution in [2.75, 3.05) is 0 Å². The van der Waals surface area contributed by atoms with E-state index in [4.69, 9.17) is 9.52 Å². The maximum Gasteiger partial charge on any atom is 0.303 e. The summed E-state index contributed by atoms with van der Waals surface area (Å²) in [6.07, 6.45) is 1.17. The topological polar surface area (TPSA) is 89.7 Å². The van der Waals surface area contributed by atoms with Crippen LogP contribution in [0.1, 0.15) is 31.4 Å². The second-order valence-corrected chi connectivity index (χ2v) is 5.25. The van der Waals surface area contributed by atoms with Gasteiger partial charge >= 0.3 is 5.97 Å². The molecule has 3 aromatic heterocycles. The second kappa shape index (κ2) is 5.32. The lowest BCUT2D eigenvalue weighted by Gasteiger charge is -2.07. The summed E-state index contributed by atoms with van der Waals surface area (Å²) in [5.74, 6) is 0.658. The van der Waals surface area contributed by atoms with E-state index < -0.39 is 5.97 Å². The highest BCUT2D eigenvalue weighted by Crippen LogP contribution is 2.23. The molecule has 0 aromatic carbocycles. The number of carbonyl (C=O) groups is 1. The number of rotatable bonds is 5. The average Bonchev–Trinajstić information content (AvgIpc) is 3.00. The zero-order valence-electron chi connectivity index (χ0n) is 12.5. The van der Waals surface area contributed by atoms with Crippen LogP contribution in [-0.2, 0) is 17.8 Å². The van der Waals surface area contributed by atoms with Crippen molar-refractivity contribution in [2.45, 2.75) is 39.7 Å². The van der Waals surface area contributed by atoms with Gasteiger partial charge in [0.05, 0.1) is 5.52 Å². The van der Waals surface area contributed by atoms with Crippen LogP contribution in [-0.4, -0.2) is 25.3 Å². The predicted octanol–water partition coefficient (Wildman–Crippen LogP) is 1.98. The highest BCUT2D eigenvalue weighted by Gasteiger charge is 2.15. The van der Waals surface area contributed by atoms with Crippen molar-refractivity contribution in [1.29, 1.82) is 0 Å². The minimum absolute atomic E-state index is 0.0154. The van der Waals surface area contributed by atoms with E-state index >= 15 is 0 Å². The van der Waals surface area contributed by atoms with Gasteiger partial charge in [-0.3, -0.25) is 14.0 Å². The molecular formula is C15H17N3O4. The molecule has 0 aliphatic carbocycles. The van der Waals surface area contributed by atoms with Crippen molar-refractivity contribution in [2.24, 2.45) is 0 Å². The standard InChI is InChI=1S/C15H17N3O4/c1-3-10-7-11-13(22-10)8-12-15(21)17(6-4-5-14(19)20)16-9(2)18(11)12/h7-8H,3-6H2,1-2H3,(H,19,20). The largest absolute Gasteiger partial charge is 0.481 e. The summed E-state index contributed by atoms with van der Waals surface area (Å²) < 4.78 is 8.80. The number of carboxylic acid groups (broad SMARTS) is 1.